The molecule has 0 fully saturated rings. The summed E-state index contributed by atoms with van der Waals surface area (Å²) < 4.78 is 18.2. The fourth-order valence-electron chi connectivity index (χ4n) is 2.50. The highest BCUT2D eigenvalue weighted by Gasteiger charge is 2.21. The first kappa shape index (κ1) is 18.0. The number of halogens is 1. The zero-order valence-electron chi connectivity index (χ0n) is 13.6. The van der Waals surface area contributed by atoms with E-state index >= 15 is 0 Å². The number of nitrogens with zero attached hydrogens (tertiary/aromatic N) is 2. The Hall–Kier alpha value is -1.04. The lowest BCUT2D eigenvalue weighted by molar-refractivity contribution is 0.135. The summed E-state index contributed by atoms with van der Waals surface area (Å²) in [5.41, 5.74) is 0.897. The summed E-state index contributed by atoms with van der Waals surface area (Å²) in [5.74, 6) is 0.0802. The van der Waals surface area contributed by atoms with Crippen LogP contribution >= 0.6 is 0 Å². The van der Waals surface area contributed by atoms with Crippen molar-refractivity contribution < 1.29 is 9.13 Å². The van der Waals surface area contributed by atoms with Gasteiger partial charge in [-0.3, -0.25) is 4.98 Å². The Balaban J connectivity index is 2.72. The van der Waals surface area contributed by atoms with Crippen molar-refractivity contribution >= 4 is 0 Å². The highest BCUT2D eigenvalue weighted by Crippen LogP contribution is 2.21. The lowest BCUT2D eigenvalue weighted by Gasteiger charge is -2.30. The number of hydrogen-bond donors (Lipinski definition) is 1. The summed E-state index contributed by atoms with van der Waals surface area (Å²) in [4.78, 5) is 6.60. The molecule has 0 radical (unpaired) electrons. The van der Waals surface area contributed by atoms with E-state index in [4.69, 9.17) is 4.74 Å². The summed E-state index contributed by atoms with van der Waals surface area (Å²) in [6, 6.07) is 3.37. The fourth-order valence-corrected chi connectivity index (χ4v) is 2.50. The van der Waals surface area contributed by atoms with Crippen molar-refractivity contribution in [3.8, 4) is 0 Å². The molecule has 0 aliphatic heterocycles. The average molecular weight is 297 g/mol. The third kappa shape index (κ3) is 6.08. The van der Waals surface area contributed by atoms with Gasteiger partial charge in [0.05, 0.1) is 24.5 Å². The fraction of sp³-hybridized carbons (Fsp3) is 0.688. The number of likely N-dealkylation sites (N-methyl/N-ethyl adjacent to an activating group) is 1. The van der Waals surface area contributed by atoms with Crippen LogP contribution in [0.25, 0.3) is 0 Å². The lowest BCUT2D eigenvalue weighted by atomic mass is 9.97. The summed E-state index contributed by atoms with van der Waals surface area (Å²) in [6.07, 6.45) is 1.29. The summed E-state index contributed by atoms with van der Waals surface area (Å²) >= 11 is 0. The Labute approximate surface area is 127 Å². The maximum absolute atomic E-state index is 13.0. The highest BCUT2D eigenvalue weighted by molar-refractivity contribution is 5.11. The summed E-state index contributed by atoms with van der Waals surface area (Å²) in [5, 5.41) is 3.46. The van der Waals surface area contributed by atoms with Crippen molar-refractivity contribution in [2.24, 2.45) is 5.92 Å². The molecule has 1 heterocycles. The molecule has 1 N–H and O–H groups in total. The van der Waals surface area contributed by atoms with Gasteiger partial charge in [-0.05, 0) is 31.1 Å². The number of ether oxygens (including phenoxy) is 1. The van der Waals surface area contributed by atoms with Crippen LogP contribution in [0, 0.1) is 11.7 Å². The van der Waals surface area contributed by atoms with Gasteiger partial charge in [-0.2, -0.15) is 0 Å². The second-order valence-electron chi connectivity index (χ2n) is 5.30. The van der Waals surface area contributed by atoms with Crippen LogP contribution in [0.5, 0.6) is 0 Å². The molecule has 4 nitrogen and oxygen atoms in total. The van der Waals surface area contributed by atoms with E-state index in [-0.39, 0.29) is 11.9 Å². The van der Waals surface area contributed by atoms with Crippen LogP contribution in [0.2, 0.25) is 0 Å². The molecular weight excluding hydrogens is 269 g/mol. The van der Waals surface area contributed by atoms with Crippen molar-refractivity contribution in [1.29, 1.82) is 0 Å². The molecule has 1 aromatic heterocycles. The predicted molar refractivity (Wildman–Crippen MR) is 83.8 cm³/mol. The van der Waals surface area contributed by atoms with Gasteiger partial charge in [0.25, 0.3) is 0 Å². The van der Waals surface area contributed by atoms with Crippen LogP contribution in [0.15, 0.2) is 18.3 Å². The Morgan fingerprint density at radius 3 is 2.67 bits per heavy atom. The number of pyridine rings is 1. The third-order valence-corrected chi connectivity index (χ3v) is 3.67. The molecule has 0 saturated heterocycles. The first-order chi connectivity index (χ1) is 10.1. The molecule has 0 bridgehead atoms. The minimum Gasteiger partial charge on any atom is -0.383 e. The van der Waals surface area contributed by atoms with Gasteiger partial charge in [-0.1, -0.05) is 20.8 Å². The second kappa shape index (κ2) is 9.82. The largest absolute Gasteiger partial charge is 0.383 e. The molecular formula is C16H28FN3O. The SMILES string of the molecule is CCNC(c1ccc(F)cn1)C(C)CN(CC)CCOC. The van der Waals surface area contributed by atoms with Gasteiger partial charge in [0.15, 0.2) is 0 Å². The number of rotatable bonds is 10. The minimum absolute atomic E-state index is 0.132. The van der Waals surface area contributed by atoms with E-state index in [1.165, 1.54) is 12.3 Å². The van der Waals surface area contributed by atoms with E-state index in [9.17, 15) is 4.39 Å². The Bertz CT molecular complexity index is 386. The van der Waals surface area contributed by atoms with Crippen LogP contribution in [-0.4, -0.2) is 49.8 Å². The molecule has 2 atom stereocenters. The molecule has 0 spiro atoms. The van der Waals surface area contributed by atoms with E-state index in [1.54, 1.807) is 13.2 Å². The number of aromatic nitrogens is 1. The molecule has 120 valence electrons. The van der Waals surface area contributed by atoms with Crippen molar-refractivity contribution in [2.45, 2.75) is 26.8 Å². The van der Waals surface area contributed by atoms with E-state index in [0.29, 0.717) is 5.92 Å². The molecule has 0 amide bonds. The molecule has 0 aliphatic rings. The monoisotopic (exact) mass is 297 g/mol. The van der Waals surface area contributed by atoms with E-state index in [1.807, 2.05) is 0 Å². The molecule has 0 aliphatic carbocycles. The first-order valence-electron chi connectivity index (χ1n) is 7.68. The van der Waals surface area contributed by atoms with Crippen LogP contribution in [-0.2, 0) is 4.74 Å². The van der Waals surface area contributed by atoms with Crippen LogP contribution in [0.4, 0.5) is 4.39 Å². The van der Waals surface area contributed by atoms with Gasteiger partial charge >= 0.3 is 0 Å². The van der Waals surface area contributed by atoms with Crippen LogP contribution < -0.4 is 5.32 Å². The normalized spacial score (nSPS) is 14.4. The predicted octanol–water partition coefficient (Wildman–Crippen LogP) is 2.48. The Kier molecular flexibility index (Phi) is 8.42. The molecule has 1 rings (SSSR count). The standard InChI is InChI=1S/C16H28FN3O/c1-5-18-16(15-8-7-14(17)11-19-15)13(3)12-20(6-2)9-10-21-4/h7-8,11,13,16,18H,5-6,9-10,12H2,1-4H3. The van der Waals surface area contributed by atoms with Crippen molar-refractivity contribution in [3.63, 3.8) is 0 Å². The molecule has 1 aromatic rings. The zero-order chi connectivity index (χ0) is 15.7. The van der Waals surface area contributed by atoms with Crippen molar-refractivity contribution in [2.75, 3.05) is 39.9 Å². The van der Waals surface area contributed by atoms with Crippen molar-refractivity contribution in [3.05, 3.63) is 29.8 Å². The first-order valence-corrected chi connectivity index (χ1v) is 7.68. The lowest BCUT2D eigenvalue weighted by Crippen LogP contribution is -2.37. The van der Waals surface area contributed by atoms with Crippen molar-refractivity contribution in [1.82, 2.24) is 15.2 Å². The molecule has 21 heavy (non-hydrogen) atoms. The van der Waals surface area contributed by atoms with E-state index < -0.39 is 0 Å². The third-order valence-electron chi connectivity index (χ3n) is 3.67. The van der Waals surface area contributed by atoms with E-state index in [2.05, 4.69) is 36.0 Å². The molecule has 0 aromatic carbocycles. The zero-order valence-corrected chi connectivity index (χ0v) is 13.6. The Morgan fingerprint density at radius 2 is 2.14 bits per heavy atom. The minimum atomic E-state index is -0.295. The molecule has 5 heteroatoms. The number of hydrogen-bond acceptors (Lipinski definition) is 4. The molecule has 0 saturated carbocycles. The summed E-state index contributed by atoms with van der Waals surface area (Å²) in [6.45, 7) is 10.9. The quantitative estimate of drug-likeness (QED) is 0.720. The second-order valence-corrected chi connectivity index (χ2v) is 5.30. The number of nitrogens with one attached hydrogen (secondary N) is 1. The van der Waals surface area contributed by atoms with E-state index in [0.717, 1.165) is 38.5 Å². The maximum atomic E-state index is 13.0. The van der Waals surface area contributed by atoms with Gasteiger partial charge in [0.1, 0.15) is 5.82 Å². The Morgan fingerprint density at radius 1 is 1.38 bits per heavy atom. The van der Waals surface area contributed by atoms with Gasteiger partial charge in [0, 0.05) is 20.2 Å². The topological polar surface area (TPSA) is 37.4 Å². The van der Waals surface area contributed by atoms with Crippen LogP contribution in [0.1, 0.15) is 32.5 Å². The van der Waals surface area contributed by atoms with Gasteiger partial charge in [-0.15, -0.1) is 0 Å². The summed E-state index contributed by atoms with van der Waals surface area (Å²) in [7, 11) is 1.72. The molecule has 2 unspecified atom stereocenters. The van der Waals surface area contributed by atoms with Crippen LogP contribution in [0.3, 0.4) is 0 Å². The van der Waals surface area contributed by atoms with Gasteiger partial charge in [-0.25, -0.2) is 4.39 Å². The highest BCUT2D eigenvalue weighted by atomic mass is 19.1. The van der Waals surface area contributed by atoms with Gasteiger partial charge < -0.3 is 15.0 Å². The smallest absolute Gasteiger partial charge is 0.141 e. The number of methoxy groups -OCH3 is 1. The maximum Gasteiger partial charge on any atom is 0.141 e. The average Bonchev–Trinajstić information content (AvgIpc) is 2.50. The van der Waals surface area contributed by atoms with Gasteiger partial charge in [0.2, 0.25) is 0 Å².